The molecule has 0 unspecified atom stereocenters. The zero-order chi connectivity index (χ0) is 20.8. The molecule has 0 radical (unpaired) electrons. The van der Waals surface area contributed by atoms with Gasteiger partial charge in [-0.3, -0.25) is 9.59 Å². The first-order chi connectivity index (χ1) is 13.9. The maximum Gasteiger partial charge on any atom is 0.231 e. The van der Waals surface area contributed by atoms with E-state index in [2.05, 4.69) is 15.5 Å². The van der Waals surface area contributed by atoms with Crippen LogP contribution in [0.25, 0.3) is 11.4 Å². The van der Waals surface area contributed by atoms with Crippen LogP contribution in [0.1, 0.15) is 18.1 Å². The van der Waals surface area contributed by atoms with Gasteiger partial charge in [0.05, 0.1) is 11.8 Å². The molecule has 0 spiro atoms. The van der Waals surface area contributed by atoms with Crippen molar-refractivity contribution in [2.75, 3.05) is 11.6 Å². The van der Waals surface area contributed by atoms with Crippen LogP contribution in [-0.2, 0) is 16.0 Å². The van der Waals surface area contributed by atoms with E-state index in [1.807, 2.05) is 61.5 Å². The molecule has 2 aromatic carbocycles. The summed E-state index contributed by atoms with van der Waals surface area (Å²) in [4.78, 5) is 24.3. The Morgan fingerprint density at radius 2 is 1.79 bits per heavy atom. The molecular formula is C21H23N5O2S. The van der Waals surface area contributed by atoms with Crippen LogP contribution < -0.4 is 11.2 Å². The molecule has 1 heterocycles. The van der Waals surface area contributed by atoms with E-state index in [0.29, 0.717) is 17.4 Å². The quantitative estimate of drug-likeness (QED) is 0.437. The summed E-state index contributed by atoms with van der Waals surface area (Å²) in [5, 5.41) is 11.4. The number of rotatable bonds is 8. The summed E-state index contributed by atoms with van der Waals surface area (Å²) >= 11 is 1.17. The lowest BCUT2D eigenvalue weighted by molar-refractivity contribution is -0.125. The number of aromatic nitrogens is 3. The Bertz CT molecular complexity index is 986. The van der Waals surface area contributed by atoms with Crippen molar-refractivity contribution < 1.29 is 9.59 Å². The Labute approximate surface area is 173 Å². The van der Waals surface area contributed by atoms with Gasteiger partial charge in [-0.1, -0.05) is 71.9 Å². The number of aryl methyl sites for hydroxylation is 1. The zero-order valence-electron chi connectivity index (χ0n) is 16.3. The summed E-state index contributed by atoms with van der Waals surface area (Å²) < 4.78 is 1.37. The predicted octanol–water partition coefficient (Wildman–Crippen LogP) is 2.38. The second-order valence-electron chi connectivity index (χ2n) is 6.75. The maximum atomic E-state index is 12.4. The minimum absolute atomic E-state index is 0.0851. The third kappa shape index (κ3) is 5.45. The number of nitrogens with zero attached hydrogens (tertiary/aromatic N) is 3. The predicted molar refractivity (Wildman–Crippen MR) is 114 cm³/mol. The van der Waals surface area contributed by atoms with Crippen molar-refractivity contribution >= 4 is 23.5 Å². The Morgan fingerprint density at radius 1 is 1.10 bits per heavy atom. The highest BCUT2D eigenvalue weighted by molar-refractivity contribution is 7.99. The molecule has 0 saturated carbocycles. The largest absolute Gasteiger partial charge is 0.345 e. The molecular weight excluding hydrogens is 386 g/mol. The summed E-state index contributed by atoms with van der Waals surface area (Å²) in [6.45, 7) is 3.48. The normalized spacial score (nSPS) is 11.8. The van der Waals surface area contributed by atoms with E-state index < -0.39 is 6.04 Å². The van der Waals surface area contributed by atoms with Gasteiger partial charge in [-0.25, -0.2) is 4.68 Å². The van der Waals surface area contributed by atoms with Crippen LogP contribution in [0.4, 0.5) is 0 Å². The Balaban J connectivity index is 1.60. The zero-order valence-corrected chi connectivity index (χ0v) is 17.1. The fourth-order valence-corrected chi connectivity index (χ4v) is 3.45. The molecule has 3 N–H and O–H groups in total. The van der Waals surface area contributed by atoms with Crippen molar-refractivity contribution in [1.29, 1.82) is 0 Å². The number of benzene rings is 2. The lowest BCUT2D eigenvalue weighted by Gasteiger charge is -2.16. The van der Waals surface area contributed by atoms with Crippen molar-refractivity contribution in [3.8, 4) is 11.4 Å². The number of nitrogen functional groups attached to an aromatic ring is 1. The van der Waals surface area contributed by atoms with Gasteiger partial charge in [0.25, 0.3) is 0 Å². The third-order valence-electron chi connectivity index (χ3n) is 4.42. The van der Waals surface area contributed by atoms with Gasteiger partial charge in [-0.2, -0.15) is 0 Å². The molecule has 7 nitrogen and oxygen atoms in total. The summed E-state index contributed by atoms with van der Waals surface area (Å²) in [6.07, 6.45) is 0.456. The van der Waals surface area contributed by atoms with Crippen LogP contribution in [0.15, 0.2) is 59.8 Å². The van der Waals surface area contributed by atoms with Crippen molar-refractivity contribution in [3.63, 3.8) is 0 Å². The number of carbonyl (C=O) groups is 2. The highest BCUT2D eigenvalue weighted by atomic mass is 32.2. The number of hydrogen-bond donors (Lipinski definition) is 2. The van der Waals surface area contributed by atoms with Gasteiger partial charge < -0.3 is 11.2 Å². The molecule has 8 heteroatoms. The van der Waals surface area contributed by atoms with Gasteiger partial charge >= 0.3 is 0 Å². The SMILES string of the molecule is CC(=O)[C@@H](Cc1ccccc1)NC(=O)CSc1nnc(-c2ccc(C)cc2)n1N. The van der Waals surface area contributed by atoms with E-state index in [1.165, 1.54) is 23.4 Å². The molecule has 0 aliphatic heterocycles. The summed E-state index contributed by atoms with van der Waals surface area (Å²) in [7, 11) is 0. The molecule has 0 aliphatic rings. The number of Topliss-reactive ketones (excluding diaryl/α,β-unsaturated/α-hetero) is 1. The lowest BCUT2D eigenvalue weighted by Crippen LogP contribution is -2.42. The van der Waals surface area contributed by atoms with E-state index in [-0.39, 0.29) is 17.4 Å². The van der Waals surface area contributed by atoms with Crippen LogP contribution in [0.5, 0.6) is 0 Å². The molecule has 0 aliphatic carbocycles. The summed E-state index contributed by atoms with van der Waals surface area (Å²) in [5.74, 6) is 6.36. The summed E-state index contributed by atoms with van der Waals surface area (Å²) in [5.41, 5.74) is 2.98. The lowest BCUT2D eigenvalue weighted by atomic mass is 10.0. The second kappa shape index (κ2) is 9.38. The molecule has 150 valence electrons. The average Bonchev–Trinajstić information content (AvgIpc) is 3.07. The Morgan fingerprint density at radius 3 is 2.45 bits per heavy atom. The fourth-order valence-electron chi connectivity index (χ4n) is 2.79. The van der Waals surface area contributed by atoms with Crippen LogP contribution in [-0.4, -0.2) is 38.4 Å². The monoisotopic (exact) mass is 409 g/mol. The van der Waals surface area contributed by atoms with Gasteiger partial charge in [0, 0.05) is 5.56 Å². The molecule has 0 fully saturated rings. The second-order valence-corrected chi connectivity index (χ2v) is 7.69. The molecule has 0 bridgehead atoms. The van der Waals surface area contributed by atoms with Crippen LogP contribution >= 0.6 is 11.8 Å². The third-order valence-corrected chi connectivity index (χ3v) is 5.36. The first-order valence-corrected chi connectivity index (χ1v) is 10.2. The van der Waals surface area contributed by atoms with E-state index in [4.69, 9.17) is 5.84 Å². The van der Waals surface area contributed by atoms with Gasteiger partial charge in [-0.05, 0) is 25.8 Å². The van der Waals surface area contributed by atoms with Crippen LogP contribution in [0.3, 0.4) is 0 Å². The van der Waals surface area contributed by atoms with Crippen molar-refractivity contribution in [2.45, 2.75) is 31.5 Å². The van der Waals surface area contributed by atoms with Crippen LogP contribution in [0, 0.1) is 6.92 Å². The first kappa shape index (κ1) is 20.6. The molecule has 1 amide bonds. The number of thioether (sulfide) groups is 1. The fraction of sp³-hybridized carbons (Fsp3) is 0.238. The molecule has 3 aromatic rings. The topological polar surface area (TPSA) is 103 Å². The molecule has 1 aromatic heterocycles. The molecule has 3 rings (SSSR count). The van der Waals surface area contributed by atoms with E-state index >= 15 is 0 Å². The summed E-state index contributed by atoms with van der Waals surface area (Å²) in [6, 6.07) is 16.8. The van der Waals surface area contributed by atoms with Crippen molar-refractivity contribution in [1.82, 2.24) is 20.2 Å². The van der Waals surface area contributed by atoms with Gasteiger partial charge in [-0.15, -0.1) is 10.2 Å². The molecule has 0 saturated heterocycles. The average molecular weight is 410 g/mol. The van der Waals surface area contributed by atoms with Crippen LogP contribution in [0.2, 0.25) is 0 Å². The number of hydrogen-bond acceptors (Lipinski definition) is 6. The minimum Gasteiger partial charge on any atom is -0.345 e. The van der Waals surface area contributed by atoms with Gasteiger partial charge in [0.1, 0.15) is 0 Å². The number of carbonyl (C=O) groups excluding carboxylic acids is 2. The van der Waals surface area contributed by atoms with Gasteiger partial charge in [0.2, 0.25) is 11.1 Å². The molecule has 1 atom stereocenters. The highest BCUT2D eigenvalue weighted by Crippen LogP contribution is 2.21. The minimum atomic E-state index is -0.565. The number of nitrogens with two attached hydrogens (primary N) is 1. The van der Waals surface area contributed by atoms with Crippen molar-refractivity contribution in [3.05, 3.63) is 65.7 Å². The van der Waals surface area contributed by atoms with E-state index in [0.717, 1.165) is 16.7 Å². The van der Waals surface area contributed by atoms with Crippen molar-refractivity contribution in [2.24, 2.45) is 0 Å². The smallest absolute Gasteiger partial charge is 0.231 e. The maximum absolute atomic E-state index is 12.4. The van der Waals surface area contributed by atoms with Gasteiger partial charge in [0.15, 0.2) is 11.6 Å². The van der Waals surface area contributed by atoms with E-state index in [1.54, 1.807) is 0 Å². The van der Waals surface area contributed by atoms with E-state index in [9.17, 15) is 9.59 Å². The first-order valence-electron chi connectivity index (χ1n) is 9.18. The Kier molecular flexibility index (Phi) is 6.66. The highest BCUT2D eigenvalue weighted by Gasteiger charge is 2.19. The molecule has 29 heavy (non-hydrogen) atoms. The number of amides is 1. The standard InChI is InChI=1S/C21H23N5O2S/c1-14-8-10-17(11-9-14)20-24-25-21(26(20)22)29-13-19(28)23-18(15(2)27)12-16-6-4-3-5-7-16/h3-11,18H,12-13,22H2,1-2H3,(H,23,28)/t18-/m1/s1. The Hall–Kier alpha value is -3.13. The number of ketones is 1. The number of nitrogens with one attached hydrogen (secondary N) is 1.